The number of benzene rings is 1. The number of nitrogens with one attached hydrogen (secondary N) is 1. The van der Waals surface area contributed by atoms with Crippen LogP contribution in [0.3, 0.4) is 0 Å². The number of aromatic nitrogens is 2. The van der Waals surface area contributed by atoms with E-state index in [4.69, 9.17) is 4.74 Å². The van der Waals surface area contributed by atoms with Crippen LogP contribution in [-0.2, 0) is 6.42 Å². The van der Waals surface area contributed by atoms with Crippen LogP contribution in [0.25, 0.3) is 0 Å². The van der Waals surface area contributed by atoms with Gasteiger partial charge in [-0.1, -0.05) is 18.3 Å². The molecule has 9 heteroatoms. The van der Waals surface area contributed by atoms with E-state index in [2.05, 4.69) is 20.3 Å². The van der Waals surface area contributed by atoms with E-state index in [1.54, 1.807) is 0 Å². The first-order chi connectivity index (χ1) is 10.5. The smallest absolute Gasteiger partial charge is 0.387 e. The molecule has 0 saturated heterocycles. The average molecular weight is 329 g/mol. The summed E-state index contributed by atoms with van der Waals surface area (Å²) in [6, 6.07) is 4.00. The summed E-state index contributed by atoms with van der Waals surface area (Å²) in [6.45, 7) is -1.09. The normalized spacial score (nSPS) is 10.6. The van der Waals surface area contributed by atoms with Crippen LogP contribution < -0.4 is 14.8 Å². The van der Waals surface area contributed by atoms with Crippen molar-refractivity contribution in [3.63, 3.8) is 0 Å². The number of carbonyl (C=O) groups is 1. The maximum atomic E-state index is 12.4. The number of nitrogens with zero attached hydrogens (tertiary/aromatic N) is 2. The van der Waals surface area contributed by atoms with Gasteiger partial charge in [0.05, 0.1) is 7.11 Å². The van der Waals surface area contributed by atoms with Crippen LogP contribution in [0.15, 0.2) is 18.2 Å². The highest BCUT2D eigenvalue weighted by atomic mass is 32.1. The van der Waals surface area contributed by atoms with Crippen molar-refractivity contribution in [3.05, 3.63) is 28.8 Å². The summed E-state index contributed by atoms with van der Waals surface area (Å²) in [5.74, 6) is -0.599. The molecule has 118 valence electrons. The maximum Gasteiger partial charge on any atom is 0.387 e. The number of ether oxygens (including phenoxy) is 2. The quantitative estimate of drug-likeness (QED) is 0.882. The van der Waals surface area contributed by atoms with Crippen LogP contribution in [0.2, 0.25) is 0 Å². The molecule has 0 radical (unpaired) electrons. The zero-order valence-corrected chi connectivity index (χ0v) is 12.6. The molecule has 2 aromatic rings. The van der Waals surface area contributed by atoms with Gasteiger partial charge in [0.25, 0.3) is 5.91 Å². The Morgan fingerprint density at radius 3 is 2.73 bits per heavy atom. The highest BCUT2D eigenvalue weighted by Crippen LogP contribution is 2.30. The first-order valence-electron chi connectivity index (χ1n) is 6.30. The van der Waals surface area contributed by atoms with E-state index in [1.165, 1.54) is 36.6 Å². The Labute approximate surface area is 129 Å². The lowest BCUT2D eigenvalue weighted by Crippen LogP contribution is -2.12. The summed E-state index contributed by atoms with van der Waals surface area (Å²) in [6.07, 6.45) is 0.711. The number of aryl methyl sites for hydroxylation is 1. The number of anilines is 1. The second-order valence-electron chi connectivity index (χ2n) is 4.05. The SMILES string of the molecule is CCc1nnc(NC(=O)c2ccc(OC)c(OC(F)F)c2)s1. The van der Waals surface area contributed by atoms with Crippen molar-refractivity contribution in [2.24, 2.45) is 0 Å². The summed E-state index contributed by atoms with van der Waals surface area (Å²) in [4.78, 5) is 12.1. The van der Waals surface area contributed by atoms with Crippen molar-refractivity contribution in [3.8, 4) is 11.5 Å². The molecule has 22 heavy (non-hydrogen) atoms. The minimum absolute atomic E-state index is 0.112. The van der Waals surface area contributed by atoms with E-state index >= 15 is 0 Å². The number of alkyl halides is 2. The van der Waals surface area contributed by atoms with Crippen molar-refractivity contribution in [1.29, 1.82) is 0 Å². The molecular weight excluding hydrogens is 316 g/mol. The van der Waals surface area contributed by atoms with Crippen LogP contribution >= 0.6 is 11.3 Å². The van der Waals surface area contributed by atoms with Crippen molar-refractivity contribution < 1.29 is 23.0 Å². The Morgan fingerprint density at radius 1 is 1.36 bits per heavy atom. The Bertz CT molecular complexity index is 664. The molecule has 0 bridgehead atoms. The maximum absolute atomic E-state index is 12.4. The molecule has 2 rings (SSSR count). The largest absolute Gasteiger partial charge is 0.493 e. The molecule has 0 aliphatic heterocycles. The van der Waals surface area contributed by atoms with Gasteiger partial charge in [0.2, 0.25) is 5.13 Å². The zero-order valence-electron chi connectivity index (χ0n) is 11.8. The molecule has 0 spiro atoms. The fraction of sp³-hybridized carbons (Fsp3) is 0.308. The van der Waals surface area contributed by atoms with Crippen LogP contribution in [0.5, 0.6) is 11.5 Å². The topological polar surface area (TPSA) is 73.3 Å². The third-order valence-corrected chi connectivity index (χ3v) is 3.61. The molecule has 0 fully saturated rings. The first-order valence-corrected chi connectivity index (χ1v) is 7.11. The third-order valence-electron chi connectivity index (χ3n) is 2.63. The molecule has 1 aromatic heterocycles. The zero-order chi connectivity index (χ0) is 16.1. The standard InChI is InChI=1S/C13H13F2N3O3S/c1-3-10-17-18-13(22-10)16-11(19)7-4-5-8(20-2)9(6-7)21-12(14)15/h4-6,12H,3H2,1-2H3,(H,16,18,19). The van der Waals surface area contributed by atoms with Gasteiger partial charge in [-0.2, -0.15) is 8.78 Å². The van der Waals surface area contributed by atoms with Crippen LogP contribution in [0, 0.1) is 0 Å². The van der Waals surface area contributed by atoms with Crippen LogP contribution in [0.1, 0.15) is 22.3 Å². The van der Waals surface area contributed by atoms with E-state index < -0.39 is 12.5 Å². The van der Waals surface area contributed by atoms with Crippen molar-refractivity contribution >= 4 is 22.4 Å². The van der Waals surface area contributed by atoms with Crippen molar-refractivity contribution in [1.82, 2.24) is 10.2 Å². The Kier molecular flexibility index (Phi) is 5.21. The molecule has 1 amide bonds. The molecule has 0 unspecified atom stereocenters. The molecule has 1 N–H and O–H groups in total. The van der Waals surface area contributed by atoms with E-state index in [0.29, 0.717) is 11.6 Å². The summed E-state index contributed by atoms with van der Waals surface area (Å²) >= 11 is 1.25. The van der Waals surface area contributed by atoms with Gasteiger partial charge in [-0.3, -0.25) is 10.1 Å². The Morgan fingerprint density at radius 2 is 2.14 bits per heavy atom. The molecule has 1 aromatic carbocycles. The van der Waals surface area contributed by atoms with E-state index in [-0.39, 0.29) is 17.1 Å². The molecule has 0 atom stereocenters. The van der Waals surface area contributed by atoms with Gasteiger partial charge in [0, 0.05) is 5.56 Å². The second kappa shape index (κ2) is 7.12. The minimum atomic E-state index is -3.01. The van der Waals surface area contributed by atoms with Gasteiger partial charge in [0.15, 0.2) is 11.5 Å². The number of halogens is 2. The second-order valence-corrected chi connectivity index (χ2v) is 5.11. The van der Waals surface area contributed by atoms with Crippen molar-refractivity contribution in [2.75, 3.05) is 12.4 Å². The van der Waals surface area contributed by atoms with E-state index in [0.717, 1.165) is 5.01 Å². The minimum Gasteiger partial charge on any atom is -0.493 e. The predicted octanol–water partition coefficient (Wildman–Crippen LogP) is 2.96. The predicted molar refractivity (Wildman–Crippen MR) is 76.9 cm³/mol. The summed E-state index contributed by atoms with van der Waals surface area (Å²) in [7, 11) is 1.32. The molecule has 0 aliphatic carbocycles. The third kappa shape index (κ3) is 3.88. The lowest BCUT2D eigenvalue weighted by atomic mass is 10.2. The number of hydrogen-bond donors (Lipinski definition) is 1. The average Bonchev–Trinajstić information content (AvgIpc) is 2.94. The number of amides is 1. The van der Waals surface area contributed by atoms with E-state index in [1.807, 2.05) is 6.92 Å². The molecular formula is C13H13F2N3O3S. The van der Waals surface area contributed by atoms with Crippen molar-refractivity contribution in [2.45, 2.75) is 20.0 Å². The fourth-order valence-corrected chi connectivity index (χ4v) is 2.30. The summed E-state index contributed by atoms with van der Waals surface area (Å²) in [5, 5.41) is 11.4. The van der Waals surface area contributed by atoms with Gasteiger partial charge in [0.1, 0.15) is 5.01 Å². The summed E-state index contributed by atoms with van der Waals surface area (Å²) < 4.78 is 34.0. The van der Waals surface area contributed by atoms with Gasteiger partial charge in [-0.25, -0.2) is 0 Å². The number of carbonyl (C=O) groups excluding carboxylic acids is 1. The first kappa shape index (κ1) is 16.1. The number of methoxy groups -OCH3 is 1. The molecule has 0 saturated carbocycles. The Balaban J connectivity index is 2.18. The molecule has 6 nitrogen and oxygen atoms in total. The van der Waals surface area contributed by atoms with E-state index in [9.17, 15) is 13.6 Å². The summed E-state index contributed by atoms with van der Waals surface area (Å²) in [5.41, 5.74) is 0.143. The van der Waals surface area contributed by atoms with Crippen LogP contribution in [0.4, 0.5) is 13.9 Å². The molecule has 1 heterocycles. The monoisotopic (exact) mass is 329 g/mol. The fourth-order valence-electron chi connectivity index (χ4n) is 1.62. The van der Waals surface area contributed by atoms with Crippen LogP contribution in [-0.4, -0.2) is 29.8 Å². The lowest BCUT2D eigenvalue weighted by molar-refractivity contribution is -0.0512. The number of rotatable bonds is 6. The van der Waals surface area contributed by atoms with Gasteiger partial charge in [-0.05, 0) is 24.6 Å². The number of hydrogen-bond acceptors (Lipinski definition) is 6. The van der Waals surface area contributed by atoms with Gasteiger partial charge in [-0.15, -0.1) is 10.2 Å². The Hall–Kier alpha value is -2.29. The highest BCUT2D eigenvalue weighted by molar-refractivity contribution is 7.15. The van der Waals surface area contributed by atoms with Gasteiger partial charge < -0.3 is 9.47 Å². The lowest BCUT2D eigenvalue weighted by Gasteiger charge is -2.11. The van der Waals surface area contributed by atoms with Gasteiger partial charge >= 0.3 is 6.61 Å². The molecule has 0 aliphatic rings. The highest BCUT2D eigenvalue weighted by Gasteiger charge is 2.15.